The van der Waals surface area contributed by atoms with E-state index in [1.165, 1.54) is 83.2 Å². The molecule has 10 rings (SSSR count). The molecule has 1 aliphatic carbocycles. The molecule has 0 radical (unpaired) electrons. The van der Waals surface area contributed by atoms with E-state index in [2.05, 4.69) is 31.9 Å². The normalized spacial score (nSPS) is 19.0. The Morgan fingerprint density at radius 3 is 1.50 bits per heavy atom. The number of ketones is 2. The van der Waals surface area contributed by atoms with Gasteiger partial charge in [-0.25, -0.2) is 6.29 Å². The van der Waals surface area contributed by atoms with Crippen LogP contribution in [0.4, 0.5) is 0 Å². The second kappa shape index (κ2) is 65.0. The van der Waals surface area contributed by atoms with Gasteiger partial charge in [0.05, 0.1) is 148 Å². The Kier molecular flexibility index (Phi) is 55.0. The molecule has 0 spiro atoms. The number of ether oxygens (including phenoxy) is 14. The number of nitrogens with one attached hydrogen (secondary N) is 6. The summed E-state index contributed by atoms with van der Waals surface area (Å²) >= 11 is 2.85. The summed E-state index contributed by atoms with van der Waals surface area (Å²) in [4.78, 5) is 144. The topological polar surface area (TPSA) is 564 Å². The van der Waals surface area contributed by atoms with Crippen molar-refractivity contribution in [1.29, 1.82) is 0 Å². The van der Waals surface area contributed by atoms with Crippen LogP contribution in [0, 0.1) is 0 Å². The van der Waals surface area contributed by atoms with Crippen molar-refractivity contribution in [3.05, 3.63) is 195 Å². The van der Waals surface area contributed by atoms with E-state index in [9.17, 15) is 88.5 Å². The van der Waals surface area contributed by atoms with Crippen LogP contribution in [0.25, 0.3) is 33.4 Å². The third-order valence-electron chi connectivity index (χ3n) is 24.0. The Hall–Kier alpha value is -9.43. The quantitative estimate of drug-likeness (QED) is 0.00956. The molecule has 2 fully saturated rings. The van der Waals surface area contributed by atoms with Crippen LogP contribution in [-0.2, 0) is 77.8 Å². The molecule has 7 aromatic carbocycles. The first kappa shape index (κ1) is 124. The standard InChI is InChI=1S/C104H131N6O32S2.2Na.H2O/c1-65(112)108-91-82(117)60-103(64-111,141-97(91)93(122)84(119)62-106-99(124)71-27-23-69(24-28-71)67-17-9-7-10-18-67)139-41-15-55-144-56-39-105-101(126)74-31-34-77(80(115)22-14-53-143-54-16-42-140-104(102(127)128)61-83(118)92(109-66(2)113)98(142-104)94(123)85(120)63-107-100(125)72-29-25-70(26-30-72)68-19-11-8-12-20-68)87(58-74)138-52-51-137-50-49-136-48-47-135-46-45-134-44-43-133-40-13-21-75(114)33-38-89(121)110-79-36-32-73-57-88(130-4)95(131-5)96(132-6)90(73)76-35-37-86(129-3)81(116)59-78(76)79;;;/h7-12,17-20,23-31,34-35,37,57-59,79,82-85,91-94,97-98,117-120,122-123H,13-16,21-22,32-33,36,38-56,60-63H2,1-6H3,(H,105,126)(H,106,124)(H,107,125)(H,108,112)(H,109,113)(H,110,121)(H,127,128);;;1H2/q-1;2*+1;/p-2/t79?,82-,83-,84+,85+,91+,92+,93+,94+,97+,98+,103+,104+;;;/m0.../s1. The van der Waals surface area contributed by atoms with E-state index in [4.69, 9.17) is 66.3 Å². The molecule has 790 valence electrons. The number of aliphatic hydroxyl groups is 6. The molecule has 2 saturated heterocycles. The fourth-order valence-corrected chi connectivity index (χ4v) is 18.2. The zero-order valence-electron chi connectivity index (χ0n) is 84.0. The van der Waals surface area contributed by atoms with Crippen LogP contribution in [0.2, 0.25) is 0 Å². The summed E-state index contributed by atoms with van der Waals surface area (Å²) < 4.78 is 80.6. The molecule has 7 aromatic rings. The summed E-state index contributed by atoms with van der Waals surface area (Å²) in [6.07, 6.45) is -11.0. The minimum atomic E-state index is -2.65. The maximum atomic E-state index is 14.0. The Morgan fingerprint density at radius 1 is 0.490 bits per heavy atom. The molecule has 3 aliphatic rings. The van der Waals surface area contributed by atoms with Crippen molar-refractivity contribution in [3.8, 4) is 62.1 Å². The maximum absolute atomic E-state index is 14.0. The summed E-state index contributed by atoms with van der Waals surface area (Å²) in [5.41, 5.74) is 6.88. The van der Waals surface area contributed by atoms with Crippen LogP contribution < -0.4 is 125 Å². The Balaban J connectivity index is 0.00000975. The number of benzene rings is 6. The first-order valence-electron chi connectivity index (χ1n) is 47.8. The third-order valence-corrected chi connectivity index (χ3v) is 26.2. The van der Waals surface area contributed by atoms with Crippen molar-refractivity contribution in [2.45, 2.75) is 169 Å². The number of carbonyl (C=O) groups excluding carboxylic acids is 10. The van der Waals surface area contributed by atoms with Gasteiger partial charge in [-0.05, 0) is 155 Å². The number of thioether (sulfide) groups is 2. The van der Waals surface area contributed by atoms with E-state index in [1.807, 2.05) is 66.7 Å². The van der Waals surface area contributed by atoms with Crippen molar-refractivity contribution >= 4 is 82.8 Å². The second-order valence-corrected chi connectivity index (χ2v) is 36.7. The average molecular weight is 2100 g/mol. The molecule has 147 heavy (non-hydrogen) atoms. The number of carbonyl (C=O) groups is 9. The van der Waals surface area contributed by atoms with E-state index >= 15 is 0 Å². The molecule has 1 unspecified atom stereocenters. The number of hydrogen-bond donors (Lipinski definition) is 12. The van der Waals surface area contributed by atoms with Gasteiger partial charge in [0.2, 0.25) is 34.7 Å². The average Bonchev–Trinajstić information content (AvgIpc) is 1.33. The summed E-state index contributed by atoms with van der Waals surface area (Å²) in [6.45, 7) is 3.48. The number of aliphatic carboxylic acids is 1. The van der Waals surface area contributed by atoms with Crippen LogP contribution in [0.3, 0.4) is 0 Å². The molecule has 6 amide bonds. The van der Waals surface area contributed by atoms with E-state index in [0.717, 1.165) is 34.7 Å². The molecular weight excluding hydrogens is 1970 g/mol. The summed E-state index contributed by atoms with van der Waals surface area (Å²) in [5.74, 6) is -7.27. The molecule has 43 heteroatoms. The van der Waals surface area contributed by atoms with Crippen LogP contribution >= 0.6 is 23.5 Å². The van der Waals surface area contributed by atoms with E-state index in [0.29, 0.717) is 109 Å². The molecule has 13 N–H and O–H groups in total. The SMILES string of the molecule is COc1cc2c(c(OC)c1OC)-c1ccc(OC)c(=O)cc1C(NC(=O)CCC(=O)CCCOCCOCCOCCOCCOCCOc1cc(C(=O)NCCSCCCO[C@]3([C-]=O)C[C@H](O)[C@@H](NC(C)=O)[C@H]([C@H](O)[C@H](O)CNC(=O)c4ccc(-c5ccccc5)cc4)O3)ccc1C(=O)CCCSCCCO[C@]1(C(=O)[O-])C[C@H](O)[C@@H](NC(C)=O)[C@H]([C@H](O)[C@H](O)CNC(=O)c3ccc(-c4ccccc4)cc3)O1)CC2.[Na+].[Na+].[OH-]. The summed E-state index contributed by atoms with van der Waals surface area (Å²) in [6, 6.07) is 40.1. The van der Waals surface area contributed by atoms with Gasteiger partial charge in [0, 0.05) is 113 Å². The number of rotatable bonds is 63. The molecule has 0 bridgehead atoms. The fraction of sp³-hybridized carbons (Fsp3) is 0.490. The Labute approximate surface area is 906 Å². The fourth-order valence-electron chi connectivity index (χ4n) is 16.6. The molecule has 2 aliphatic heterocycles. The van der Waals surface area contributed by atoms with Gasteiger partial charge in [-0.3, -0.25) is 43.2 Å². The van der Waals surface area contributed by atoms with Gasteiger partial charge in [0.15, 0.2) is 23.0 Å². The Morgan fingerprint density at radius 2 is 0.980 bits per heavy atom. The van der Waals surface area contributed by atoms with E-state index in [1.54, 1.807) is 66.9 Å². The second-order valence-electron chi connectivity index (χ2n) is 34.3. The number of aryl methyl sites for hydroxylation is 1. The van der Waals surface area contributed by atoms with Crippen molar-refractivity contribution < 1.29 is 215 Å². The van der Waals surface area contributed by atoms with Gasteiger partial charge in [0.25, 0.3) is 17.7 Å². The number of methoxy groups -OCH3 is 4. The van der Waals surface area contributed by atoms with Gasteiger partial charge in [-0.2, -0.15) is 23.5 Å². The van der Waals surface area contributed by atoms with Crippen molar-refractivity contribution in [3.63, 3.8) is 0 Å². The maximum Gasteiger partial charge on any atom is 1.00 e. The molecule has 0 saturated carbocycles. The van der Waals surface area contributed by atoms with Gasteiger partial charge in [-0.1, -0.05) is 91.0 Å². The third kappa shape index (κ3) is 37.9. The molecule has 13 atom stereocenters. The molecule has 39 nitrogen and oxygen atoms in total. The van der Waals surface area contributed by atoms with Gasteiger partial charge in [-0.15, -0.1) is 0 Å². The first-order valence-corrected chi connectivity index (χ1v) is 50.1. The van der Waals surface area contributed by atoms with Crippen LogP contribution in [0.1, 0.15) is 143 Å². The smallest absolute Gasteiger partial charge is 0.870 e. The number of hydrogen-bond acceptors (Lipinski definition) is 35. The predicted octanol–water partition coefficient (Wildman–Crippen LogP) is -0.854. The van der Waals surface area contributed by atoms with Crippen LogP contribution in [0.5, 0.6) is 28.7 Å². The summed E-state index contributed by atoms with van der Waals surface area (Å²) in [7, 11) is 5.96. The number of carboxylic acids is 1. The Bertz CT molecular complexity index is 5410. The zero-order valence-corrected chi connectivity index (χ0v) is 89.6. The van der Waals surface area contributed by atoms with Gasteiger partial charge < -0.3 is 149 Å². The number of aliphatic hydroxyl groups excluding tert-OH is 6. The number of amides is 6. The van der Waals surface area contributed by atoms with Gasteiger partial charge >= 0.3 is 59.1 Å². The minimum Gasteiger partial charge on any atom is -0.870 e. The van der Waals surface area contributed by atoms with Gasteiger partial charge in [0.1, 0.15) is 48.5 Å². The van der Waals surface area contributed by atoms with Crippen LogP contribution in [0.15, 0.2) is 156 Å². The number of carboxylic acid groups (broad SMARTS) is 1. The zero-order chi connectivity index (χ0) is 104. The number of fused-ring (bicyclic) bond motifs is 3. The number of Topliss-reactive ketones (excluding diaryl/α,β-unsaturated/α-hetero) is 2. The van der Waals surface area contributed by atoms with Crippen molar-refractivity contribution in [2.75, 3.05) is 157 Å². The molecular formula is C104H131N6Na2O33S2-. The van der Waals surface area contributed by atoms with E-state index in [-0.39, 0.29) is 226 Å². The monoisotopic (exact) mass is 2100 g/mol. The molecule has 0 aromatic heterocycles. The summed E-state index contributed by atoms with van der Waals surface area (Å²) in [5, 5.41) is 96.8. The van der Waals surface area contributed by atoms with Crippen LogP contribution in [-0.4, -0.2) is 325 Å². The predicted molar refractivity (Wildman–Crippen MR) is 532 cm³/mol. The van der Waals surface area contributed by atoms with E-state index < -0.39 is 140 Å². The van der Waals surface area contributed by atoms with Crippen molar-refractivity contribution in [2.24, 2.45) is 0 Å². The van der Waals surface area contributed by atoms with Crippen molar-refractivity contribution in [1.82, 2.24) is 31.9 Å². The minimum absolute atomic E-state index is 0. The largest absolute Gasteiger partial charge is 1.00 e. The molecule has 2 heterocycles. The first-order chi connectivity index (χ1) is 69.5.